The van der Waals surface area contributed by atoms with Crippen molar-refractivity contribution in [1.82, 2.24) is 0 Å². The topological polar surface area (TPSA) is 78.9 Å². The molecule has 0 rings (SSSR count). The van der Waals surface area contributed by atoms with Crippen LogP contribution in [0.3, 0.4) is 0 Å². The quantitative estimate of drug-likeness (QED) is 0.0261. The first-order chi connectivity index (χ1) is 36.0. The van der Waals surface area contributed by atoms with Crippen molar-refractivity contribution in [2.24, 2.45) is 0 Å². The Bertz CT molecular complexity index is 1490. The number of carbonyl (C=O) groups excluding carboxylic acids is 3. The van der Waals surface area contributed by atoms with Crippen LogP contribution >= 0.6 is 0 Å². The highest BCUT2D eigenvalue weighted by atomic mass is 16.6. The molecule has 0 aliphatic carbocycles. The summed E-state index contributed by atoms with van der Waals surface area (Å²) in [6, 6.07) is 0. The highest BCUT2D eigenvalue weighted by molar-refractivity contribution is 5.71. The Kier molecular flexibility index (Phi) is 57.4. The molecular weight excluding hydrogens is 901 g/mol. The van der Waals surface area contributed by atoms with E-state index in [4.69, 9.17) is 14.2 Å². The standard InChI is InChI=1S/C67H112O6/c1-4-7-10-13-15-17-19-21-23-25-27-29-31-32-33-34-36-37-39-41-43-45-47-49-51-54-57-60-66(69)72-63-64(62-71-65(68)59-56-53-12-9-6-3)73-67(70)61-58-55-52-50-48-46-44-42-40-38-35-30-28-26-24-22-20-18-16-14-11-8-5-2/h7,10,15,17,21,23,26-29,32-33,36-37,41,43,47,49,64H,4-6,8-9,11-14,16,18-20,22,24-25,30-31,34-35,38-40,42,44-46,48,50-63H2,1-3H3/b10-7-,17-15-,23-21-,28-26-,29-27-,33-32-,37-36-,43-41-,49-47-. The van der Waals surface area contributed by atoms with Gasteiger partial charge in [0.2, 0.25) is 0 Å². The summed E-state index contributed by atoms with van der Waals surface area (Å²) >= 11 is 0. The fourth-order valence-electron chi connectivity index (χ4n) is 8.22. The molecule has 0 saturated heterocycles. The van der Waals surface area contributed by atoms with Gasteiger partial charge in [0.05, 0.1) is 0 Å². The van der Waals surface area contributed by atoms with E-state index in [0.717, 1.165) is 122 Å². The molecule has 0 N–H and O–H groups in total. The van der Waals surface area contributed by atoms with Crippen LogP contribution < -0.4 is 0 Å². The SMILES string of the molecule is CC/C=C\C/C=C\C/C=C\C/C=C\C/C=C\C/C=C\C/C=C\C/C=C\CCCCC(=O)OCC(COC(=O)CCCCCCC)OC(=O)CCCCCCCCCCCCC/C=C\CCCCCCCCCC. The zero-order valence-corrected chi connectivity index (χ0v) is 47.6. The molecule has 6 nitrogen and oxygen atoms in total. The van der Waals surface area contributed by atoms with Crippen molar-refractivity contribution in [3.05, 3.63) is 109 Å². The predicted molar refractivity (Wildman–Crippen MR) is 316 cm³/mol. The molecule has 0 aromatic rings. The molecule has 0 aliphatic rings. The number of unbranched alkanes of at least 4 members (excludes halogenated alkanes) is 25. The van der Waals surface area contributed by atoms with Gasteiger partial charge in [-0.05, 0) is 109 Å². The van der Waals surface area contributed by atoms with Crippen molar-refractivity contribution in [3.8, 4) is 0 Å². The Hall–Kier alpha value is -3.93. The van der Waals surface area contributed by atoms with Crippen molar-refractivity contribution in [2.45, 2.75) is 284 Å². The summed E-state index contributed by atoms with van der Waals surface area (Å²) in [4.78, 5) is 37.9. The minimum atomic E-state index is -0.795. The average molecular weight is 1010 g/mol. The fraction of sp³-hybridized carbons (Fsp3) is 0.687. The monoisotopic (exact) mass is 1010 g/mol. The second-order valence-electron chi connectivity index (χ2n) is 19.9. The molecule has 0 bridgehead atoms. The van der Waals surface area contributed by atoms with Crippen molar-refractivity contribution in [3.63, 3.8) is 0 Å². The summed E-state index contributed by atoms with van der Waals surface area (Å²) in [6.07, 6.45) is 82.8. The van der Waals surface area contributed by atoms with E-state index in [1.807, 2.05) is 0 Å². The van der Waals surface area contributed by atoms with Crippen LogP contribution in [-0.2, 0) is 28.6 Å². The highest BCUT2D eigenvalue weighted by Crippen LogP contribution is 2.15. The van der Waals surface area contributed by atoms with Crippen molar-refractivity contribution in [1.29, 1.82) is 0 Å². The van der Waals surface area contributed by atoms with E-state index in [1.54, 1.807) is 0 Å². The van der Waals surface area contributed by atoms with Crippen LogP contribution in [0.25, 0.3) is 0 Å². The van der Waals surface area contributed by atoms with Crippen LogP contribution in [0.4, 0.5) is 0 Å². The Morgan fingerprint density at radius 2 is 0.534 bits per heavy atom. The predicted octanol–water partition coefficient (Wildman–Crippen LogP) is 20.7. The van der Waals surface area contributed by atoms with Gasteiger partial charge in [0.15, 0.2) is 6.10 Å². The van der Waals surface area contributed by atoms with Gasteiger partial charge in [0.1, 0.15) is 13.2 Å². The average Bonchev–Trinajstić information content (AvgIpc) is 3.39. The molecule has 0 aliphatic heterocycles. The second kappa shape index (κ2) is 60.6. The number of carbonyl (C=O) groups is 3. The molecule has 0 radical (unpaired) electrons. The van der Waals surface area contributed by atoms with Gasteiger partial charge in [-0.2, -0.15) is 0 Å². The van der Waals surface area contributed by atoms with Crippen molar-refractivity contribution in [2.75, 3.05) is 13.2 Å². The number of allylic oxidation sites excluding steroid dienone is 18. The number of ether oxygens (including phenoxy) is 3. The Morgan fingerprint density at radius 3 is 0.877 bits per heavy atom. The van der Waals surface area contributed by atoms with Gasteiger partial charge in [0.25, 0.3) is 0 Å². The van der Waals surface area contributed by atoms with Crippen LogP contribution in [0.1, 0.15) is 278 Å². The van der Waals surface area contributed by atoms with Crippen LogP contribution in [0.15, 0.2) is 109 Å². The summed E-state index contributed by atoms with van der Waals surface area (Å²) in [5, 5.41) is 0. The maximum absolute atomic E-state index is 12.8. The van der Waals surface area contributed by atoms with E-state index in [-0.39, 0.29) is 31.1 Å². The zero-order valence-electron chi connectivity index (χ0n) is 47.6. The van der Waals surface area contributed by atoms with Crippen LogP contribution in [0.5, 0.6) is 0 Å². The number of hydrogen-bond donors (Lipinski definition) is 0. The molecule has 0 aromatic carbocycles. The van der Waals surface area contributed by atoms with Crippen molar-refractivity contribution < 1.29 is 28.6 Å². The minimum Gasteiger partial charge on any atom is -0.462 e. The van der Waals surface area contributed by atoms with Gasteiger partial charge >= 0.3 is 17.9 Å². The van der Waals surface area contributed by atoms with Gasteiger partial charge in [0, 0.05) is 19.3 Å². The Labute approximate surface area is 450 Å². The molecule has 0 heterocycles. The normalized spacial score (nSPS) is 12.9. The number of hydrogen-bond acceptors (Lipinski definition) is 6. The highest BCUT2D eigenvalue weighted by Gasteiger charge is 2.19. The Morgan fingerprint density at radius 1 is 0.288 bits per heavy atom. The lowest BCUT2D eigenvalue weighted by Gasteiger charge is -2.18. The summed E-state index contributed by atoms with van der Waals surface area (Å²) in [5.74, 6) is -0.952. The van der Waals surface area contributed by atoms with E-state index >= 15 is 0 Å². The lowest BCUT2D eigenvalue weighted by molar-refractivity contribution is -0.167. The molecule has 0 amide bonds. The summed E-state index contributed by atoms with van der Waals surface area (Å²) in [5.41, 5.74) is 0. The molecule has 6 heteroatoms. The largest absolute Gasteiger partial charge is 0.462 e. The molecule has 0 fully saturated rings. The molecule has 1 unspecified atom stereocenters. The van der Waals surface area contributed by atoms with Gasteiger partial charge in [-0.15, -0.1) is 0 Å². The summed E-state index contributed by atoms with van der Waals surface area (Å²) in [7, 11) is 0. The summed E-state index contributed by atoms with van der Waals surface area (Å²) in [6.45, 7) is 6.41. The molecule has 0 saturated carbocycles. The number of esters is 3. The van der Waals surface area contributed by atoms with Gasteiger partial charge in [-0.1, -0.05) is 259 Å². The lowest BCUT2D eigenvalue weighted by Crippen LogP contribution is -2.30. The first kappa shape index (κ1) is 69.1. The smallest absolute Gasteiger partial charge is 0.306 e. The van der Waals surface area contributed by atoms with Gasteiger partial charge < -0.3 is 14.2 Å². The summed E-state index contributed by atoms with van der Waals surface area (Å²) < 4.78 is 16.7. The van der Waals surface area contributed by atoms with Crippen LogP contribution in [0.2, 0.25) is 0 Å². The van der Waals surface area contributed by atoms with E-state index in [1.165, 1.54) is 116 Å². The van der Waals surface area contributed by atoms with Crippen LogP contribution in [-0.4, -0.2) is 37.2 Å². The van der Waals surface area contributed by atoms with E-state index < -0.39 is 6.10 Å². The van der Waals surface area contributed by atoms with E-state index in [9.17, 15) is 14.4 Å². The minimum absolute atomic E-state index is 0.0934. The van der Waals surface area contributed by atoms with Gasteiger partial charge in [-0.3, -0.25) is 14.4 Å². The second-order valence-corrected chi connectivity index (χ2v) is 19.9. The first-order valence-electron chi connectivity index (χ1n) is 30.4. The molecule has 73 heavy (non-hydrogen) atoms. The first-order valence-corrected chi connectivity index (χ1v) is 30.4. The molecule has 0 aromatic heterocycles. The van der Waals surface area contributed by atoms with Gasteiger partial charge in [-0.25, -0.2) is 0 Å². The van der Waals surface area contributed by atoms with Crippen LogP contribution in [0, 0.1) is 0 Å². The third-order valence-electron chi connectivity index (χ3n) is 12.8. The third-order valence-corrected chi connectivity index (χ3v) is 12.8. The molecule has 1 atom stereocenters. The number of rotatable bonds is 54. The third kappa shape index (κ3) is 58.8. The Balaban J connectivity index is 4.18. The maximum Gasteiger partial charge on any atom is 0.306 e. The maximum atomic E-state index is 12.8. The lowest BCUT2D eigenvalue weighted by atomic mass is 10.0. The zero-order chi connectivity index (χ0) is 52.9. The van der Waals surface area contributed by atoms with Crippen molar-refractivity contribution >= 4 is 17.9 Å². The molecule has 416 valence electrons. The van der Waals surface area contributed by atoms with E-state index in [2.05, 4.69) is 130 Å². The van der Waals surface area contributed by atoms with E-state index in [0.29, 0.717) is 19.3 Å². The fourth-order valence-corrected chi connectivity index (χ4v) is 8.22. The molecule has 0 spiro atoms. The molecular formula is C67H112O6.